The maximum Gasteiger partial charge on any atom is 0.420 e. The molecule has 1 heterocycles. The highest BCUT2D eigenvalue weighted by Gasteiger charge is 2.17. The van der Waals surface area contributed by atoms with E-state index >= 15 is 0 Å². The van der Waals surface area contributed by atoms with Crippen LogP contribution in [-0.2, 0) is 17.9 Å². The van der Waals surface area contributed by atoms with E-state index in [1.54, 1.807) is 24.3 Å². The smallest absolute Gasteiger partial charge is 0.408 e. The number of hydrogen-bond donors (Lipinski definition) is 0. The Balaban J connectivity index is 1.80. The number of benzene rings is 2. The molecule has 1 aromatic heterocycles. The summed E-state index contributed by atoms with van der Waals surface area (Å²) in [6.45, 7) is -0.136. The highest BCUT2D eigenvalue weighted by Crippen LogP contribution is 2.23. The number of para-hydroxylation sites is 2. The summed E-state index contributed by atoms with van der Waals surface area (Å²) in [6.07, 6.45) is 0. The van der Waals surface area contributed by atoms with Crippen LogP contribution in [0.4, 0.5) is 5.69 Å². The van der Waals surface area contributed by atoms with Crippen LogP contribution < -0.4 is 5.76 Å². The Kier molecular flexibility index (Phi) is 4.77. The Morgan fingerprint density at radius 2 is 2.04 bits per heavy atom. The number of hydrogen-bond acceptors (Lipinski definition) is 5. The molecular formula is C17H14ClN3O5. The molecule has 0 unspecified atom stereocenters. The first kappa shape index (κ1) is 17.7. The van der Waals surface area contributed by atoms with Crippen LogP contribution in [0.2, 0.25) is 5.02 Å². The predicted octanol–water partition coefficient (Wildman–Crippen LogP) is 2.81. The Morgan fingerprint density at radius 3 is 2.77 bits per heavy atom. The molecule has 3 aromatic rings. The fourth-order valence-corrected chi connectivity index (χ4v) is 2.74. The van der Waals surface area contributed by atoms with Gasteiger partial charge in [-0.05, 0) is 23.8 Å². The van der Waals surface area contributed by atoms with Crippen LogP contribution in [0.25, 0.3) is 11.1 Å². The summed E-state index contributed by atoms with van der Waals surface area (Å²) in [4.78, 5) is 36.2. The Morgan fingerprint density at radius 1 is 1.31 bits per heavy atom. The van der Waals surface area contributed by atoms with E-state index < -0.39 is 10.7 Å². The van der Waals surface area contributed by atoms with E-state index in [0.29, 0.717) is 21.7 Å². The van der Waals surface area contributed by atoms with Crippen molar-refractivity contribution >= 4 is 34.3 Å². The molecule has 0 atom stereocenters. The average Bonchev–Trinajstić information content (AvgIpc) is 2.92. The minimum atomic E-state index is -0.624. The van der Waals surface area contributed by atoms with Gasteiger partial charge in [0, 0.05) is 30.7 Å². The monoisotopic (exact) mass is 375 g/mol. The standard InChI is InChI=1S/C17H14ClN3O5/c1-19(9-11-8-12(21(24)25)6-7-13(11)18)16(22)10-20-14-4-2-3-5-15(14)26-17(20)23/h2-8H,9-10H2,1H3. The van der Waals surface area contributed by atoms with Crippen LogP contribution in [0.15, 0.2) is 51.7 Å². The molecule has 3 rings (SSSR count). The van der Waals surface area contributed by atoms with Crippen molar-refractivity contribution in [2.75, 3.05) is 7.05 Å². The number of carbonyl (C=O) groups is 1. The van der Waals surface area contributed by atoms with E-state index in [4.69, 9.17) is 16.0 Å². The first-order chi connectivity index (χ1) is 12.4. The second kappa shape index (κ2) is 7.01. The third-order valence-electron chi connectivity index (χ3n) is 3.94. The largest absolute Gasteiger partial charge is 0.420 e. The Bertz CT molecular complexity index is 1060. The molecule has 0 fully saturated rings. The first-order valence-corrected chi connectivity index (χ1v) is 8.00. The van der Waals surface area contributed by atoms with Gasteiger partial charge in [0.15, 0.2) is 5.58 Å². The van der Waals surface area contributed by atoms with Crippen LogP contribution in [0.3, 0.4) is 0 Å². The zero-order chi connectivity index (χ0) is 18.8. The third kappa shape index (κ3) is 3.45. The summed E-state index contributed by atoms with van der Waals surface area (Å²) in [5.74, 6) is -0.984. The summed E-state index contributed by atoms with van der Waals surface area (Å²) in [5, 5.41) is 11.2. The summed E-state index contributed by atoms with van der Waals surface area (Å²) in [7, 11) is 1.53. The molecule has 0 aliphatic carbocycles. The molecule has 134 valence electrons. The van der Waals surface area contributed by atoms with Gasteiger partial charge in [-0.2, -0.15) is 0 Å². The molecule has 0 saturated heterocycles. The molecule has 0 spiro atoms. The van der Waals surface area contributed by atoms with Crippen molar-refractivity contribution in [1.82, 2.24) is 9.47 Å². The van der Waals surface area contributed by atoms with Crippen LogP contribution in [0.5, 0.6) is 0 Å². The number of amides is 1. The van der Waals surface area contributed by atoms with Gasteiger partial charge >= 0.3 is 5.76 Å². The lowest BCUT2D eigenvalue weighted by molar-refractivity contribution is -0.384. The lowest BCUT2D eigenvalue weighted by Crippen LogP contribution is -2.32. The number of aromatic nitrogens is 1. The number of rotatable bonds is 5. The van der Waals surface area contributed by atoms with Gasteiger partial charge in [0.2, 0.25) is 5.91 Å². The average molecular weight is 376 g/mol. The van der Waals surface area contributed by atoms with Crippen LogP contribution >= 0.6 is 11.6 Å². The van der Waals surface area contributed by atoms with Gasteiger partial charge in [0.25, 0.3) is 5.69 Å². The number of carbonyl (C=O) groups excluding carboxylic acids is 1. The molecule has 26 heavy (non-hydrogen) atoms. The maximum atomic E-state index is 12.5. The first-order valence-electron chi connectivity index (χ1n) is 7.62. The van der Waals surface area contributed by atoms with Crippen LogP contribution in [0, 0.1) is 10.1 Å². The zero-order valence-corrected chi connectivity index (χ0v) is 14.5. The van der Waals surface area contributed by atoms with E-state index in [-0.39, 0.29) is 24.7 Å². The van der Waals surface area contributed by atoms with E-state index in [1.807, 2.05) is 0 Å². The van der Waals surface area contributed by atoms with Crippen molar-refractivity contribution in [3.8, 4) is 0 Å². The Labute approximate surface area is 152 Å². The molecule has 0 aliphatic rings. The quantitative estimate of drug-likeness (QED) is 0.504. The van der Waals surface area contributed by atoms with Crippen LogP contribution in [-0.4, -0.2) is 27.3 Å². The minimum Gasteiger partial charge on any atom is -0.408 e. The number of fused-ring (bicyclic) bond motifs is 1. The van der Waals surface area contributed by atoms with Gasteiger partial charge < -0.3 is 9.32 Å². The molecule has 0 aliphatic heterocycles. The van der Waals surface area contributed by atoms with E-state index in [9.17, 15) is 19.7 Å². The number of nitro benzene ring substituents is 1. The molecule has 1 amide bonds. The molecule has 0 radical (unpaired) electrons. The highest BCUT2D eigenvalue weighted by molar-refractivity contribution is 6.31. The number of nitro groups is 1. The zero-order valence-electron chi connectivity index (χ0n) is 13.7. The highest BCUT2D eigenvalue weighted by atomic mass is 35.5. The van der Waals surface area contributed by atoms with E-state index in [0.717, 1.165) is 0 Å². The summed E-state index contributed by atoms with van der Waals surface area (Å²) < 4.78 is 6.34. The van der Waals surface area contributed by atoms with E-state index in [2.05, 4.69) is 0 Å². The van der Waals surface area contributed by atoms with Crippen molar-refractivity contribution in [2.45, 2.75) is 13.1 Å². The SMILES string of the molecule is CN(Cc1cc([N+](=O)[O-])ccc1Cl)C(=O)Cn1c(=O)oc2ccccc21. The number of oxazole rings is 1. The minimum absolute atomic E-state index is 0.0733. The van der Waals surface area contributed by atoms with Crippen molar-refractivity contribution in [1.29, 1.82) is 0 Å². The second-order valence-corrected chi connectivity index (χ2v) is 6.11. The number of non-ortho nitro benzene ring substituents is 1. The molecule has 0 N–H and O–H groups in total. The van der Waals surface area contributed by atoms with Gasteiger partial charge in [-0.25, -0.2) is 4.79 Å². The lowest BCUT2D eigenvalue weighted by atomic mass is 10.2. The van der Waals surface area contributed by atoms with Gasteiger partial charge in [-0.15, -0.1) is 0 Å². The predicted molar refractivity (Wildman–Crippen MR) is 95.1 cm³/mol. The normalized spacial score (nSPS) is 10.8. The van der Waals surface area contributed by atoms with Gasteiger partial charge in [-0.3, -0.25) is 19.5 Å². The number of likely N-dealkylation sites (N-methyl/N-ethyl adjacent to an activating group) is 1. The maximum absolute atomic E-state index is 12.5. The molecule has 2 aromatic carbocycles. The summed E-state index contributed by atoms with van der Waals surface area (Å²) >= 11 is 6.06. The molecule has 0 bridgehead atoms. The molecule has 8 nitrogen and oxygen atoms in total. The van der Waals surface area contributed by atoms with Crippen molar-refractivity contribution in [2.24, 2.45) is 0 Å². The summed E-state index contributed by atoms with van der Waals surface area (Å²) in [6, 6.07) is 10.8. The van der Waals surface area contributed by atoms with Gasteiger partial charge in [0.05, 0.1) is 10.4 Å². The van der Waals surface area contributed by atoms with Crippen molar-refractivity contribution < 1.29 is 14.1 Å². The lowest BCUT2D eigenvalue weighted by Gasteiger charge is -2.18. The molecule has 9 heteroatoms. The van der Waals surface area contributed by atoms with Crippen molar-refractivity contribution in [3.05, 3.63) is 73.7 Å². The van der Waals surface area contributed by atoms with E-state index in [1.165, 1.54) is 34.7 Å². The Hall–Kier alpha value is -3.13. The van der Waals surface area contributed by atoms with Crippen molar-refractivity contribution in [3.63, 3.8) is 0 Å². The third-order valence-corrected chi connectivity index (χ3v) is 4.31. The topological polar surface area (TPSA) is 98.6 Å². The fourth-order valence-electron chi connectivity index (χ4n) is 2.56. The van der Waals surface area contributed by atoms with Gasteiger partial charge in [0.1, 0.15) is 6.54 Å². The van der Waals surface area contributed by atoms with Crippen LogP contribution in [0.1, 0.15) is 5.56 Å². The molecule has 0 saturated carbocycles. The van der Waals surface area contributed by atoms with Gasteiger partial charge in [-0.1, -0.05) is 23.7 Å². The second-order valence-electron chi connectivity index (χ2n) is 5.70. The number of halogens is 1. The number of nitrogens with zero attached hydrogens (tertiary/aromatic N) is 3. The summed E-state index contributed by atoms with van der Waals surface area (Å²) in [5.41, 5.74) is 1.26. The molecular weight excluding hydrogens is 362 g/mol. The fraction of sp³-hybridized carbons (Fsp3) is 0.176.